The van der Waals surface area contributed by atoms with Gasteiger partial charge >= 0.3 is 6.03 Å². The Morgan fingerprint density at radius 2 is 1.88 bits per heavy atom. The zero-order valence-electron chi connectivity index (χ0n) is 14.1. The van der Waals surface area contributed by atoms with Gasteiger partial charge in [-0.1, -0.05) is 0 Å². The lowest BCUT2D eigenvalue weighted by Crippen LogP contribution is -2.44. The molecule has 1 unspecified atom stereocenters. The molecule has 0 bridgehead atoms. The van der Waals surface area contributed by atoms with Crippen LogP contribution in [0, 0.1) is 0 Å². The molecule has 0 radical (unpaired) electrons. The first-order chi connectivity index (χ1) is 11.6. The highest BCUT2D eigenvalue weighted by molar-refractivity contribution is 5.97. The minimum absolute atomic E-state index is 0.00561. The van der Waals surface area contributed by atoms with Gasteiger partial charge in [0.1, 0.15) is 0 Å². The predicted molar refractivity (Wildman–Crippen MR) is 89.6 cm³/mol. The van der Waals surface area contributed by atoms with Crippen molar-refractivity contribution in [1.29, 1.82) is 0 Å². The van der Waals surface area contributed by atoms with Crippen LogP contribution in [0.15, 0.2) is 18.2 Å². The van der Waals surface area contributed by atoms with Crippen LogP contribution in [0.5, 0.6) is 11.5 Å². The third-order valence-electron chi connectivity index (χ3n) is 4.52. The van der Waals surface area contributed by atoms with Crippen LogP contribution in [-0.2, 0) is 4.79 Å². The zero-order valence-corrected chi connectivity index (χ0v) is 14.1. The number of benzene rings is 1. The second-order valence-electron chi connectivity index (χ2n) is 6.09. The van der Waals surface area contributed by atoms with E-state index in [-0.39, 0.29) is 18.0 Å². The summed E-state index contributed by atoms with van der Waals surface area (Å²) in [5.74, 6) is 1.19. The second kappa shape index (κ2) is 6.98. The summed E-state index contributed by atoms with van der Waals surface area (Å²) in [7, 11) is 3.13. The zero-order chi connectivity index (χ0) is 17.1. The summed E-state index contributed by atoms with van der Waals surface area (Å²) in [6, 6.07) is 5.14. The standard InChI is InChI=1S/C17H23N3O4/c1-23-14-6-5-13(10-15(14)24-2)20-11-12(9-16(20)21)18-17(22)19-7-3-4-8-19/h5-6,10,12H,3-4,7-9,11H2,1-2H3,(H,18,22). The van der Waals surface area contributed by atoms with Crippen LogP contribution < -0.4 is 19.7 Å². The summed E-state index contributed by atoms with van der Waals surface area (Å²) in [5.41, 5.74) is 0.746. The van der Waals surface area contributed by atoms with Crippen LogP contribution in [0.2, 0.25) is 0 Å². The molecule has 2 saturated heterocycles. The lowest BCUT2D eigenvalue weighted by Gasteiger charge is -2.21. The number of anilines is 1. The van der Waals surface area contributed by atoms with Gasteiger partial charge < -0.3 is 24.6 Å². The first kappa shape index (κ1) is 16.4. The molecule has 3 amide bonds. The first-order valence-electron chi connectivity index (χ1n) is 8.20. The van der Waals surface area contributed by atoms with Crippen LogP contribution in [-0.4, -0.2) is 56.7 Å². The molecule has 2 aliphatic heterocycles. The summed E-state index contributed by atoms with van der Waals surface area (Å²) in [6.45, 7) is 2.06. The van der Waals surface area contributed by atoms with Gasteiger partial charge in [-0.2, -0.15) is 0 Å². The van der Waals surface area contributed by atoms with E-state index in [0.717, 1.165) is 31.6 Å². The molecule has 2 fully saturated rings. The van der Waals surface area contributed by atoms with Crippen molar-refractivity contribution in [3.8, 4) is 11.5 Å². The topological polar surface area (TPSA) is 71.1 Å². The van der Waals surface area contributed by atoms with E-state index in [9.17, 15) is 9.59 Å². The minimum Gasteiger partial charge on any atom is -0.493 e. The quantitative estimate of drug-likeness (QED) is 0.909. The molecule has 1 atom stereocenters. The fraction of sp³-hybridized carbons (Fsp3) is 0.529. The van der Waals surface area contributed by atoms with E-state index >= 15 is 0 Å². The number of urea groups is 1. The number of amides is 3. The molecule has 1 N–H and O–H groups in total. The summed E-state index contributed by atoms with van der Waals surface area (Å²) >= 11 is 0. The molecule has 130 valence electrons. The predicted octanol–water partition coefficient (Wildman–Crippen LogP) is 1.61. The molecule has 7 heteroatoms. The summed E-state index contributed by atoms with van der Waals surface area (Å²) in [6.07, 6.45) is 2.41. The molecular formula is C17H23N3O4. The van der Waals surface area contributed by atoms with Crippen LogP contribution in [0.1, 0.15) is 19.3 Å². The highest BCUT2D eigenvalue weighted by atomic mass is 16.5. The molecule has 24 heavy (non-hydrogen) atoms. The molecular weight excluding hydrogens is 310 g/mol. The smallest absolute Gasteiger partial charge is 0.317 e. The fourth-order valence-electron chi connectivity index (χ4n) is 3.23. The van der Waals surface area contributed by atoms with E-state index in [1.165, 1.54) is 0 Å². The molecule has 0 saturated carbocycles. The summed E-state index contributed by atoms with van der Waals surface area (Å²) in [4.78, 5) is 28.0. The van der Waals surface area contributed by atoms with Gasteiger partial charge in [0.25, 0.3) is 0 Å². The number of methoxy groups -OCH3 is 2. The summed E-state index contributed by atoms with van der Waals surface area (Å²) < 4.78 is 10.5. The van der Waals surface area contributed by atoms with Crippen molar-refractivity contribution < 1.29 is 19.1 Å². The van der Waals surface area contributed by atoms with Gasteiger partial charge in [-0.05, 0) is 25.0 Å². The van der Waals surface area contributed by atoms with Gasteiger partial charge in [0.2, 0.25) is 5.91 Å². The maximum absolute atomic E-state index is 12.3. The molecule has 0 aromatic heterocycles. The number of hydrogen-bond donors (Lipinski definition) is 1. The van der Waals surface area contributed by atoms with E-state index in [0.29, 0.717) is 24.5 Å². The molecule has 2 heterocycles. The number of hydrogen-bond acceptors (Lipinski definition) is 4. The second-order valence-corrected chi connectivity index (χ2v) is 6.09. The Balaban J connectivity index is 1.67. The Morgan fingerprint density at radius 1 is 1.17 bits per heavy atom. The van der Waals surface area contributed by atoms with E-state index < -0.39 is 0 Å². The van der Waals surface area contributed by atoms with E-state index in [1.807, 2.05) is 11.0 Å². The van der Waals surface area contributed by atoms with Gasteiger partial charge in [0.15, 0.2) is 11.5 Å². The molecule has 2 aliphatic rings. The SMILES string of the molecule is COc1ccc(N2CC(NC(=O)N3CCCC3)CC2=O)cc1OC. The van der Waals surface area contributed by atoms with Crippen molar-refractivity contribution in [3.63, 3.8) is 0 Å². The summed E-state index contributed by atoms with van der Waals surface area (Å²) in [5, 5.41) is 2.97. The van der Waals surface area contributed by atoms with Crippen LogP contribution >= 0.6 is 0 Å². The Kier molecular flexibility index (Phi) is 4.78. The average molecular weight is 333 g/mol. The normalized spacial score (nSPS) is 20.4. The Labute approximate surface area is 141 Å². The number of likely N-dealkylation sites (tertiary alicyclic amines) is 1. The average Bonchev–Trinajstić information content (AvgIpc) is 3.24. The molecule has 1 aromatic rings. The molecule has 0 spiro atoms. The number of rotatable bonds is 4. The van der Waals surface area contributed by atoms with Crippen molar-refractivity contribution in [1.82, 2.24) is 10.2 Å². The van der Waals surface area contributed by atoms with Gasteiger partial charge in [0.05, 0.1) is 20.3 Å². The highest BCUT2D eigenvalue weighted by Crippen LogP contribution is 2.33. The van der Waals surface area contributed by atoms with Crippen LogP contribution in [0.4, 0.5) is 10.5 Å². The lowest BCUT2D eigenvalue weighted by molar-refractivity contribution is -0.117. The molecule has 3 rings (SSSR count). The third-order valence-corrected chi connectivity index (χ3v) is 4.52. The highest BCUT2D eigenvalue weighted by Gasteiger charge is 2.33. The van der Waals surface area contributed by atoms with Crippen molar-refractivity contribution in [2.75, 3.05) is 38.8 Å². The van der Waals surface area contributed by atoms with Crippen molar-refractivity contribution in [3.05, 3.63) is 18.2 Å². The number of carbonyl (C=O) groups is 2. The third kappa shape index (κ3) is 3.25. The molecule has 1 aromatic carbocycles. The maximum Gasteiger partial charge on any atom is 0.317 e. The van der Waals surface area contributed by atoms with Crippen LogP contribution in [0.25, 0.3) is 0 Å². The minimum atomic E-state index is -0.168. The fourth-order valence-corrected chi connectivity index (χ4v) is 3.23. The van der Waals surface area contributed by atoms with Crippen LogP contribution in [0.3, 0.4) is 0 Å². The lowest BCUT2D eigenvalue weighted by atomic mass is 10.2. The van der Waals surface area contributed by atoms with E-state index in [1.54, 1.807) is 31.3 Å². The number of carbonyl (C=O) groups excluding carboxylic acids is 2. The Morgan fingerprint density at radius 3 is 2.54 bits per heavy atom. The van der Waals surface area contributed by atoms with Gasteiger partial charge in [0, 0.05) is 37.8 Å². The van der Waals surface area contributed by atoms with E-state index in [4.69, 9.17) is 9.47 Å². The monoisotopic (exact) mass is 333 g/mol. The van der Waals surface area contributed by atoms with Gasteiger partial charge in [-0.25, -0.2) is 4.79 Å². The Bertz CT molecular complexity index is 628. The largest absolute Gasteiger partial charge is 0.493 e. The first-order valence-corrected chi connectivity index (χ1v) is 8.20. The maximum atomic E-state index is 12.3. The van der Waals surface area contributed by atoms with Crippen molar-refractivity contribution in [2.24, 2.45) is 0 Å². The van der Waals surface area contributed by atoms with Gasteiger partial charge in [-0.15, -0.1) is 0 Å². The van der Waals surface area contributed by atoms with E-state index in [2.05, 4.69) is 5.32 Å². The number of nitrogens with zero attached hydrogens (tertiary/aromatic N) is 2. The Hall–Kier alpha value is -2.44. The number of nitrogens with one attached hydrogen (secondary N) is 1. The molecule has 0 aliphatic carbocycles. The van der Waals surface area contributed by atoms with Crippen molar-refractivity contribution >= 4 is 17.6 Å². The molecule has 7 nitrogen and oxygen atoms in total. The number of ether oxygens (including phenoxy) is 2. The van der Waals surface area contributed by atoms with Crippen molar-refractivity contribution in [2.45, 2.75) is 25.3 Å². The van der Waals surface area contributed by atoms with Gasteiger partial charge in [-0.3, -0.25) is 4.79 Å².